The lowest BCUT2D eigenvalue weighted by molar-refractivity contribution is 0.750. The third-order valence-electron chi connectivity index (χ3n) is 2.51. The van der Waals surface area contributed by atoms with Gasteiger partial charge in [-0.25, -0.2) is 15.0 Å². The highest BCUT2D eigenvalue weighted by Gasteiger charge is 2.13. The second-order valence-corrected chi connectivity index (χ2v) is 5.37. The van der Waals surface area contributed by atoms with Crippen LogP contribution in [0, 0.1) is 6.92 Å². The summed E-state index contributed by atoms with van der Waals surface area (Å²) in [5.74, 6) is 1.33. The Morgan fingerprint density at radius 2 is 2.11 bits per heavy atom. The van der Waals surface area contributed by atoms with Crippen molar-refractivity contribution >= 4 is 17.6 Å². The normalized spacial score (nSPS) is 10.9. The molecule has 2 aromatic rings. The number of nitrogens with one attached hydrogen (secondary N) is 1. The number of anilines is 1. The second-order valence-electron chi connectivity index (χ2n) is 4.39. The fourth-order valence-corrected chi connectivity index (χ4v) is 2.23. The maximum atomic E-state index is 11.2. The van der Waals surface area contributed by atoms with Crippen LogP contribution in [0.1, 0.15) is 31.2 Å². The summed E-state index contributed by atoms with van der Waals surface area (Å²) >= 11 is 1.28. The zero-order valence-corrected chi connectivity index (χ0v) is 11.8. The number of aromatic nitrogens is 4. The van der Waals surface area contributed by atoms with Crippen LogP contribution in [0.4, 0.5) is 5.82 Å². The lowest BCUT2D eigenvalue weighted by Gasteiger charge is -2.10. The van der Waals surface area contributed by atoms with Gasteiger partial charge in [-0.1, -0.05) is 13.8 Å². The molecule has 2 aromatic heterocycles. The molecule has 3 N–H and O–H groups in total. The van der Waals surface area contributed by atoms with Gasteiger partial charge < -0.3 is 10.7 Å². The number of rotatable bonds is 3. The zero-order chi connectivity index (χ0) is 14.0. The Bertz CT molecular complexity index is 653. The largest absolute Gasteiger partial charge is 0.383 e. The van der Waals surface area contributed by atoms with E-state index in [1.165, 1.54) is 24.0 Å². The van der Waals surface area contributed by atoms with Gasteiger partial charge in [0.05, 0.1) is 0 Å². The van der Waals surface area contributed by atoms with E-state index >= 15 is 0 Å². The molecular formula is C12H15N5OS. The van der Waals surface area contributed by atoms with E-state index in [2.05, 4.69) is 19.9 Å². The quantitative estimate of drug-likeness (QED) is 0.655. The Hall–Kier alpha value is -1.89. The van der Waals surface area contributed by atoms with Crippen molar-refractivity contribution in [3.05, 3.63) is 34.0 Å². The second kappa shape index (κ2) is 5.40. The van der Waals surface area contributed by atoms with Crippen molar-refractivity contribution in [1.82, 2.24) is 19.9 Å². The fraction of sp³-hybridized carbons (Fsp3) is 0.333. The van der Waals surface area contributed by atoms with E-state index < -0.39 is 0 Å². The summed E-state index contributed by atoms with van der Waals surface area (Å²) in [6.45, 7) is 5.85. The number of nitrogens with zero attached hydrogens (tertiary/aromatic N) is 3. The first-order valence-corrected chi connectivity index (χ1v) is 6.66. The first kappa shape index (κ1) is 13.5. The molecule has 0 spiro atoms. The highest BCUT2D eigenvalue weighted by Crippen LogP contribution is 2.28. The molecule has 0 fully saturated rings. The molecule has 6 nitrogen and oxygen atoms in total. The predicted molar refractivity (Wildman–Crippen MR) is 74.3 cm³/mol. The summed E-state index contributed by atoms with van der Waals surface area (Å²) in [6.07, 6.45) is 1.46. The Morgan fingerprint density at radius 3 is 2.74 bits per heavy atom. The molecule has 2 rings (SSSR count). The Labute approximate surface area is 114 Å². The maximum absolute atomic E-state index is 11.2. The van der Waals surface area contributed by atoms with Gasteiger partial charge in [-0.15, -0.1) is 0 Å². The molecule has 0 amide bonds. The molecule has 0 saturated heterocycles. The Balaban J connectivity index is 2.42. The molecule has 0 aliphatic rings. The molecular weight excluding hydrogens is 262 g/mol. The summed E-state index contributed by atoms with van der Waals surface area (Å²) in [7, 11) is 0. The third kappa shape index (κ3) is 3.11. The highest BCUT2D eigenvalue weighted by molar-refractivity contribution is 7.99. The van der Waals surface area contributed by atoms with Crippen LogP contribution < -0.4 is 11.3 Å². The van der Waals surface area contributed by atoms with Gasteiger partial charge in [-0.2, -0.15) is 0 Å². The molecule has 0 saturated carbocycles. The van der Waals surface area contributed by atoms with E-state index in [1.807, 2.05) is 20.8 Å². The summed E-state index contributed by atoms with van der Waals surface area (Å²) in [4.78, 5) is 26.7. The van der Waals surface area contributed by atoms with Gasteiger partial charge in [-0.05, 0) is 18.7 Å². The van der Waals surface area contributed by atoms with E-state index in [-0.39, 0.29) is 11.5 Å². The number of H-pyrrole nitrogens is 1. The van der Waals surface area contributed by atoms with Crippen LogP contribution in [0.25, 0.3) is 0 Å². The van der Waals surface area contributed by atoms with Crippen molar-refractivity contribution in [3.8, 4) is 0 Å². The molecule has 0 aliphatic heterocycles. The zero-order valence-electron chi connectivity index (χ0n) is 11.0. The number of hydrogen-bond acceptors (Lipinski definition) is 6. The Kier molecular flexibility index (Phi) is 3.84. The van der Waals surface area contributed by atoms with Crippen molar-refractivity contribution < 1.29 is 0 Å². The summed E-state index contributed by atoms with van der Waals surface area (Å²) in [5, 5.41) is 1.20. The van der Waals surface area contributed by atoms with Gasteiger partial charge in [0.15, 0.2) is 5.16 Å². The Morgan fingerprint density at radius 1 is 1.37 bits per heavy atom. The smallest absolute Gasteiger partial charge is 0.251 e. The van der Waals surface area contributed by atoms with Crippen molar-refractivity contribution in [2.24, 2.45) is 0 Å². The lowest BCUT2D eigenvalue weighted by Crippen LogP contribution is -2.08. The van der Waals surface area contributed by atoms with Crippen molar-refractivity contribution in [1.29, 1.82) is 0 Å². The van der Waals surface area contributed by atoms with Crippen LogP contribution in [0.5, 0.6) is 0 Å². The molecule has 0 atom stereocenters. The predicted octanol–water partition coefficient (Wildman–Crippen LogP) is 1.73. The molecule has 0 bridgehead atoms. The molecule has 100 valence electrons. The van der Waals surface area contributed by atoms with Gasteiger partial charge in [-0.3, -0.25) is 4.79 Å². The topological polar surface area (TPSA) is 97.5 Å². The summed E-state index contributed by atoms with van der Waals surface area (Å²) < 4.78 is 0. The molecule has 0 radical (unpaired) electrons. The number of nitrogens with two attached hydrogens (primary N) is 1. The average molecular weight is 277 g/mol. The SMILES string of the molecule is Cc1c(N)nc(C(C)C)nc1Sc1nccc(=O)[nH]1. The van der Waals surface area contributed by atoms with Gasteiger partial charge >= 0.3 is 0 Å². The van der Waals surface area contributed by atoms with E-state index in [9.17, 15) is 4.79 Å². The number of hydrogen-bond donors (Lipinski definition) is 2. The molecule has 0 aromatic carbocycles. The number of aromatic amines is 1. The van der Waals surface area contributed by atoms with E-state index in [0.29, 0.717) is 21.8 Å². The third-order valence-corrected chi connectivity index (χ3v) is 3.51. The first-order chi connectivity index (χ1) is 8.97. The molecule has 7 heteroatoms. The minimum absolute atomic E-state index is 0.185. The lowest BCUT2D eigenvalue weighted by atomic mass is 10.2. The molecule has 19 heavy (non-hydrogen) atoms. The van der Waals surface area contributed by atoms with E-state index in [0.717, 1.165) is 5.56 Å². The van der Waals surface area contributed by atoms with Crippen molar-refractivity contribution in [2.75, 3.05) is 5.73 Å². The first-order valence-electron chi connectivity index (χ1n) is 5.84. The van der Waals surface area contributed by atoms with Crippen LogP contribution in [-0.4, -0.2) is 19.9 Å². The molecule has 2 heterocycles. The van der Waals surface area contributed by atoms with Crippen LogP contribution in [-0.2, 0) is 0 Å². The van der Waals surface area contributed by atoms with Gasteiger partial charge in [0.2, 0.25) is 0 Å². The maximum Gasteiger partial charge on any atom is 0.251 e. The van der Waals surface area contributed by atoms with E-state index in [1.54, 1.807) is 0 Å². The van der Waals surface area contributed by atoms with Gasteiger partial charge in [0.1, 0.15) is 16.7 Å². The van der Waals surface area contributed by atoms with Gasteiger partial charge in [0.25, 0.3) is 5.56 Å². The minimum Gasteiger partial charge on any atom is -0.383 e. The fourth-order valence-electron chi connectivity index (χ4n) is 1.38. The van der Waals surface area contributed by atoms with Crippen molar-refractivity contribution in [3.63, 3.8) is 0 Å². The van der Waals surface area contributed by atoms with Crippen LogP contribution in [0.3, 0.4) is 0 Å². The van der Waals surface area contributed by atoms with Gasteiger partial charge in [0, 0.05) is 23.7 Å². The standard InChI is InChI=1S/C12H15N5OS/c1-6(2)10-16-9(13)7(3)11(17-10)19-12-14-5-4-8(18)15-12/h4-6H,1-3H3,(H2,13,16,17)(H,14,15,18). The molecule has 0 unspecified atom stereocenters. The molecule has 0 aliphatic carbocycles. The van der Waals surface area contributed by atoms with Crippen LogP contribution >= 0.6 is 11.8 Å². The minimum atomic E-state index is -0.193. The van der Waals surface area contributed by atoms with Crippen LogP contribution in [0.15, 0.2) is 27.2 Å². The summed E-state index contributed by atoms with van der Waals surface area (Å²) in [5.41, 5.74) is 6.49. The van der Waals surface area contributed by atoms with Crippen LogP contribution in [0.2, 0.25) is 0 Å². The highest BCUT2D eigenvalue weighted by atomic mass is 32.2. The van der Waals surface area contributed by atoms with Crippen molar-refractivity contribution in [2.45, 2.75) is 36.9 Å². The van der Waals surface area contributed by atoms with E-state index in [4.69, 9.17) is 5.73 Å². The monoisotopic (exact) mass is 277 g/mol. The summed E-state index contributed by atoms with van der Waals surface area (Å²) in [6, 6.07) is 1.37. The average Bonchev–Trinajstić information content (AvgIpc) is 2.34. The number of nitrogen functional groups attached to an aromatic ring is 1.